The molecular formula is C16H19F2N. The molecule has 19 heavy (non-hydrogen) atoms. The molecule has 0 unspecified atom stereocenters. The van der Waals surface area contributed by atoms with Gasteiger partial charge in [-0.05, 0) is 36.8 Å². The highest BCUT2D eigenvalue weighted by molar-refractivity contribution is 5.39. The van der Waals surface area contributed by atoms with Gasteiger partial charge in [0, 0.05) is 12.0 Å². The van der Waals surface area contributed by atoms with Gasteiger partial charge in [0.15, 0.2) is 0 Å². The van der Waals surface area contributed by atoms with Crippen molar-refractivity contribution in [3.8, 4) is 6.07 Å². The molecule has 1 saturated carbocycles. The van der Waals surface area contributed by atoms with Gasteiger partial charge in [-0.15, -0.1) is 0 Å². The molecule has 0 bridgehead atoms. The van der Waals surface area contributed by atoms with Crippen molar-refractivity contribution in [1.29, 1.82) is 5.26 Å². The number of hydrogen-bond donors (Lipinski definition) is 0. The summed E-state index contributed by atoms with van der Waals surface area (Å²) in [6, 6.07) is 8.76. The first-order valence-electron chi connectivity index (χ1n) is 6.80. The van der Waals surface area contributed by atoms with E-state index in [0.29, 0.717) is 0 Å². The lowest BCUT2D eigenvalue weighted by atomic mass is 9.65. The Morgan fingerprint density at radius 1 is 1.37 bits per heavy atom. The molecule has 0 aliphatic heterocycles. The number of hydrogen-bond acceptors (Lipinski definition) is 1. The quantitative estimate of drug-likeness (QED) is 0.767. The summed E-state index contributed by atoms with van der Waals surface area (Å²) < 4.78 is 28.2. The number of nitrogens with zero attached hydrogens (tertiary/aromatic N) is 1. The summed E-state index contributed by atoms with van der Waals surface area (Å²) >= 11 is 0. The summed E-state index contributed by atoms with van der Waals surface area (Å²) in [5, 5.41) is 9.29. The van der Waals surface area contributed by atoms with Crippen LogP contribution in [0.15, 0.2) is 24.3 Å². The fourth-order valence-corrected chi connectivity index (χ4v) is 2.67. The topological polar surface area (TPSA) is 23.8 Å². The van der Waals surface area contributed by atoms with Gasteiger partial charge in [0.05, 0.1) is 11.5 Å². The molecule has 0 N–H and O–H groups in total. The van der Waals surface area contributed by atoms with Crippen molar-refractivity contribution in [3.63, 3.8) is 0 Å². The molecule has 102 valence electrons. The Bertz CT molecular complexity index is 496. The van der Waals surface area contributed by atoms with Crippen LogP contribution in [-0.2, 0) is 11.3 Å². The van der Waals surface area contributed by atoms with Crippen LogP contribution in [0.2, 0.25) is 0 Å². The second kappa shape index (κ2) is 4.92. The van der Waals surface area contributed by atoms with E-state index in [1.807, 2.05) is 0 Å². The summed E-state index contributed by atoms with van der Waals surface area (Å²) in [5.41, 5.74) is 0.270. The lowest BCUT2D eigenvalue weighted by Crippen LogP contribution is -2.32. The van der Waals surface area contributed by atoms with Gasteiger partial charge in [0.1, 0.15) is 0 Å². The summed E-state index contributed by atoms with van der Waals surface area (Å²) in [7, 11) is 0. The third-order valence-corrected chi connectivity index (χ3v) is 3.92. The third-order valence-electron chi connectivity index (χ3n) is 3.92. The van der Waals surface area contributed by atoms with Crippen molar-refractivity contribution in [2.24, 2.45) is 5.92 Å². The number of alkyl halides is 2. The van der Waals surface area contributed by atoms with Crippen molar-refractivity contribution in [2.45, 2.75) is 50.9 Å². The van der Waals surface area contributed by atoms with Crippen molar-refractivity contribution < 1.29 is 8.78 Å². The van der Waals surface area contributed by atoms with Crippen LogP contribution in [0.3, 0.4) is 0 Å². The number of benzene rings is 1. The number of halogens is 2. The fraction of sp³-hybridized carbons (Fsp3) is 0.562. The van der Waals surface area contributed by atoms with Gasteiger partial charge in [-0.2, -0.15) is 5.26 Å². The zero-order valence-corrected chi connectivity index (χ0v) is 11.4. The minimum atomic E-state index is -2.81. The predicted octanol–water partition coefficient (Wildman–Crippen LogP) is 4.77. The fourth-order valence-electron chi connectivity index (χ4n) is 2.67. The van der Waals surface area contributed by atoms with Crippen molar-refractivity contribution in [1.82, 2.24) is 0 Å². The van der Waals surface area contributed by atoms with E-state index >= 15 is 0 Å². The number of rotatable bonds is 4. The van der Waals surface area contributed by atoms with Crippen LogP contribution in [0.1, 0.15) is 50.7 Å². The van der Waals surface area contributed by atoms with Gasteiger partial charge < -0.3 is 0 Å². The molecule has 1 nitrogen and oxygen atoms in total. The molecule has 1 aliphatic carbocycles. The minimum absolute atomic E-state index is 0.0419. The molecule has 1 fully saturated rings. The van der Waals surface area contributed by atoms with Gasteiger partial charge in [0.25, 0.3) is 5.92 Å². The van der Waals surface area contributed by atoms with Crippen LogP contribution in [0.4, 0.5) is 8.78 Å². The van der Waals surface area contributed by atoms with E-state index in [0.717, 1.165) is 24.8 Å². The standard InChI is InChI=1S/C16H19F2N/c1-12(2)10-16(17,18)14-6-3-5-13(9-14)15(11-19)7-4-8-15/h3,5-6,9,12H,4,7-8,10H2,1-2H3. The zero-order chi connectivity index (χ0) is 14.1. The molecule has 1 aliphatic rings. The molecular weight excluding hydrogens is 244 g/mol. The highest BCUT2D eigenvalue weighted by Crippen LogP contribution is 2.44. The Morgan fingerprint density at radius 2 is 2.05 bits per heavy atom. The molecule has 0 aromatic heterocycles. The first-order chi connectivity index (χ1) is 8.89. The Labute approximate surface area is 113 Å². The predicted molar refractivity (Wildman–Crippen MR) is 70.9 cm³/mol. The Kier molecular flexibility index (Phi) is 3.62. The molecule has 0 atom stereocenters. The largest absolute Gasteiger partial charge is 0.273 e. The van der Waals surface area contributed by atoms with Crippen molar-refractivity contribution >= 4 is 0 Å². The van der Waals surface area contributed by atoms with E-state index in [4.69, 9.17) is 0 Å². The minimum Gasteiger partial charge on any atom is -0.201 e. The van der Waals surface area contributed by atoms with Crippen LogP contribution in [-0.4, -0.2) is 0 Å². The van der Waals surface area contributed by atoms with Gasteiger partial charge in [0.2, 0.25) is 0 Å². The molecule has 0 heterocycles. The second-order valence-electron chi connectivity index (χ2n) is 5.93. The Balaban J connectivity index is 2.32. The first-order valence-corrected chi connectivity index (χ1v) is 6.80. The van der Waals surface area contributed by atoms with Crippen molar-refractivity contribution in [3.05, 3.63) is 35.4 Å². The Morgan fingerprint density at radius 3 is 2.53 bits per heavy atom. The highest BCUT2D eigenvalue weighted by Gasteiger charge is 2.40. The zero-order valence-electron chi connectivity index (χ0n) is 11.4. The van der Waals surface area contributed by atoms with E-state index < -0.39 is 11.3 Å². The van der Waals surface area contributed by atoms with E-state index in [2.05, 4.69) is 6.07 Å². The smallest absolute Gasteiger partial charge is 0.201 e. The maximum Gasteiger partial charge on any atom is 0.273 e. The van der Waals surface area contributed by atoms with Crippen LogP contribution in [0.5, 0.6) is 0 Å². The maximum absolute atomic E-state index is 14.1. The molecule has 0 radical (unpaired) electrons. The molecule has 3 heteroatoms. The van der Waals surface area contributed by atoms with Gasteiger partial charge in [-0.25, -0.2) is 8.78 Å². The monoisotopic (exact) mass is 263 g/mol. The third kappa shape index (κ3) is 2.63. The lowest BCUT2D eigenvalue weighted by molar-refractivity contribution is -0.0250. The summed E-state index contributed by atoms with van der Waals surface area (Å²) in [6.07, 6.45) is 2.40. The molecule has 0 amide bonds. The van der Waals surface area contributed by atoms with Crippen molar-refractivity contribution in [2.75, 3.05) is 0 Å². The number of nitriles is 1. The maximum atomic E-state index is 14.1. The van der Waals surface area contributed by atoms with E-state index in [9.17, 15) is 14.0 Å². The highest BCUT2D eigenvalue weighted by atomic mass is 19.3. The summed E-state index contributed by atoms with van der Waals surface area (Å²) in [4.78, 5) is 0. The van der Waals surface area contributed by atoms with Gasteiger partial charge in [-0.3, -0.25) is 0 Å². The Hall–Kier alpha value is -1.43. The van der Waals surface area contributed by atoms with E-state index in [1.165, 1.54) is 12.1 Å². The van der Waals surface area contributed by atoms with Crippen LogP contribution < -0.4 is 0 Å². The normalized spacial score (nSPS) is 17.9. The lowest BCUT2D eigenvalue weighted by Gasteiger charge is -2.36. The molecule has 2 rings (SSSR count). The molecule has 0 saturated heterocycles. The van der Waals surface area contributed by atoms with Gasteiger partial charge in [-0.1, -0.05) is 32.0 Å². The van der Waals surface area contributed by atoms with Crippen LogP contribution in [0.25, 0.3) is 0 Å². The molecule has 0 spiro atoms. The molecule has 1 aromatic rings. The summed E-state index contributed by atoms with van der Waals surface area (Å²) in [6.45, 7) is 3.58. The average molecular weight is 263 g/mol. The van der Waals surface area contributed by atoms with E-state index in [1.54, 1.807) is 26.0 Å². The second-order valence-corrected chi connectivity index (χ2v) is 5.93. The van der Waals surface area contributed by atoms with Crippen LogP contribution >= 0.6 is 0 Å². The first kappa shape index (κ1) is 14.0. The SMILES string of the molecule is CC(C)CC(F)(F)c1cccc(C2(C#N)CCC2)c1. The average Bonchev–Trinajstić information content (AvgIpc) is 2.27. The van der Waals surface area contributed by atoms with Gasteiger partial charge >= 0.3 is 0 Å². The van der Waals surface area contributed by atoms with E-state index in [-0.39, 0.29) is 17.9 Å². The summed E-state index contributed by atoms with van der Waals surface area (Å²) in [5.74, 6) is -2.88. The van der Waals surface area contributed by atoms with Crippen LogP contribution in [0, 0.1) is 17.2 Å². The molecule has 1 aromatic carbocycles.